The van der Waals surface area contributed by atoms with Gasteiger partial charge in [-0.3, -0.25) is 4.79 Å². The van der Waals surface area contributed by atoms with E-state index in [9.17, 15) is 14.0 Å². The number of aliphatic carboxylic acids is 1. The van der Waals surface area contributed by atoms with Gasteiger partial charge >= 0.3 is 5.97 Å². The van der Waals surface area contributed by atoms with E-state index >= 15 is 0 Å². The van der Waals surface area contributed by atoms with Crippen molar-refractivity contribution in [3.63, 3.8) is 0 Å². The first-order chi connectivity index (χ1) is 9.52. The number of carboxylic acids is 1. The van der Waals surface area contributed by atoms with Gasteiger partial charge in [0.05, 0.1) is 19.1 Å². The van der Waals surface area contributed by atoms with Crippen LogP contribution in [0.1, 0.15) is 18.4 Å². The predicted molar refractivity (Wildman–Crippen MR) is 68.8 cm³/mol. The lowest BCUT2D eigenvalue weighted by molar-refractivity contribution is -0.158. The first kappa shape index (κ1) is 14.5. The van der Waals surface area contributed by atoms with Gasteiger partial charge in [0, 0.05) is 6.54 Å². The second-order valence-corrected chi connectivity index (χ2v) is 4.70. The molecule has 0 bridgehead atoms. The van der Waals surface area contributed by atoms with Crippen molar-refractivity contribution in [1.29, 1.82) is 0 Å². The minimum Gasteiger partial charge on any atom is -0.480 e. The maximum atomic E-state index is 13.7. The molecule has 1 heterocycles. The van der Waals surface area contributed by atoms with E-state index in [1.165, 1.54) is 17.0 Å². The van der Waals surface area contributed by atoms with E-state index in [1.54, 1.807) is 19.1 Å². The van der Waals surface area contributed by atoms with Gasteiger partial charge < -0.3 is 14.7 Å². The highest BCUT2D eigenvalue weighted by atomic mass is 19.1. The minimum atomic E-state index is -1.11. The highest BCUT2D eigenvalue weighted by molar-refractivity contribution is 5.88. The zero-order valence-corrected chi connectivity index (χ0v) is 11.1. The molecule has 0 saturated carbocycles. The van der Waals surface area contributed by atoms with Crippen molar-refractivity contribution in [3.05, 3.63) is 35.6 Å². The van der Waals surface area contributed by atoms with Crippen LogP contribution in [-0.2, 0) is 14.3 Å². The number of halogens is 1. The van der Waals surface area contributed by atoms with E-state index in [0.29, 0.717) is 6.61 Å². The molecule has 2 atom stereocenters. The second-order valence-electron chi connectivity index (χ2n) is 4.70. The first-order valence-corrected chi connectivity index (χ1v) is 6.38. The molecule has 1 aliphatic rings. The summed E-state index contributed by atoms with van der Waals surface area (Å²) in [6, 6.07) is 5.01. The highest BCUT2D eigenvalue weighted by Gasteiger charge is 2.35. The van der Waals surface area contributed by atoms with Gasteiger partial charge in [0.2, 0.25) is 5.91 Å². The van der Waals surface area contributed by atoms with Gasteiger partial charge in [0.15, 0.2) is 6.04 Å². The number of amides is 1. The number of ether oxygens (including phenoxy) is 1. The normalized spacial score (nSPS) is 20.5. The van der Waals surface area contributed by atoms with Crippen molar-refractivity contribution in [1.82, 2.24) is 4.90 Å². The molecule has 0 aromatic heterocycles. The molecule has 1 amide bonds. The molecule has 0 spiro atoms. The monoisotopic (exact) mass is 281 g/mol. The number of hydrogen-bond acceptors (Lipinski definition) is 3. The van der Waals surface area contributed by atoms with Gasteiger partial charge in [0.25, 0.3) is 0 Å². The molecule has 0 unspecified atom stereocenters. The lowest BCUT2D eigenvalue weighted by Gasteiger charge is -2.34. The summed E-state index contributed by atoms with van der Waals surface area (Å²) >= 11 is 0. The van der Waals surface area contributed by atoms with Gasteiger partial charge in [-0.05, 0) is 18.6 Å². The number of morpholine rings is 1. The third-order valence-electron chi connectivity index (χ3n) is 3.44. The average molecular weight is 281 g/mol. The molecule has 1 aromatic carbocycles. The Balaban J connectivity index is 2.21. The van der Waals surface area contributed by atoms with E-state index in [4.69, 9.17) is 9.84 Å². The first-order valence-electron chi connectivity index (χ1n) is 6.38. The van der Waals surface area contributed by atoms with Crippen LogP contribution in [0.15, 0.2) is 24.3 Å². The zero-order valence-electron chi connectivity index (χ0n) is 11.1. The van der Waals surface area contributed by atoms with Crippen LogP contribution in [0.4, 0.5) is 4.39 Å². The maximum Gasteiger partial charge on any atom is 0.328 e. The third-order valence-corrected chi connectivity index (χ3v) is 3.44. The Labute approximate surface area is 116 Å². The summed E-state index contributed by atoms with van der Waals surface area (Å²) < 4.78 is 18.8. The van der Waals surface area contributed by atoms with Crippen LogP contribution < -0.4 is 0 Å². The van der Waals surface area contributed by atoms with Crippen molar-refractivity contribution in [2.24, 2.45) is 0 Å². The fraction of sp³-hybridized carbons (Fsp3) is 0.429. The van der Waals surface area contributed by atoms with Gasteiger partial charge in [-0.2, -0.15) is 0 Å². The van der Waals surface area contributed by atoms with E-state index in [1.807, 2.05) is 0 Å². The molecule has 6 heteroatoms. The lowest BCUT2D eigenvalue weighted by Crippen LogP contribution is -2.53. The molecule has 0 radical (unpaired) electrons. The van der Waals surface area contributed by atoms with E-state index in [0.717, 1.165) is 0 Å². The Bertz CT molecular complexity index is 520. The van der Waals surface area contributed by atoms with Crippen LogP contribution in [0, 0.1) is 5.82 Å². The summed E-state index contributed by atoms with van der Waals surface area (Å²) in [5.41, 5.74) is 0.271. The third kappa shape index (κ3) is 2.80. The number of hydrogen-bond donors (Lipinski definition) is 1. The number of rotatable bonds is 3. The topological polar surface area (TPSA) is 66.8 Å². The summed E-state index contributed by atoms with van der Waals surface area (Å²) in [5.74, 6) is -2.70. The zero-order chi connectivity index (χ0) is 14.7. The SMILES string of the molecule is C[C@@H](C(=O)N1CCOC[C@H]1C(=O)O)c1ccccc1F. The predicted octanol–water partition coefficient (Wildman–Crippen LogP) is 1.24. The summed E-state index contributed by atoms with van der Waals surface area (Å²) in [6.45, 7) is 2.04. The van der Waals surface area contributed by atoms with Crippen LogP contribution in [0.25, 0.3) is 0 Å². The molecule has 5 nitrogen and oxygen atoms in total. The number of carboxylic acid groups (broad SMARTS) is 1. The number of nitrogens with zero attached hydrogens (tertiary/aromatic N) is 1. The Morgan fingerprint density at radius 1 is 1.45 bits per heavy atom. The van der Waals surface area contributed by atoms with E-state index in [2.05, 4.69) is 0 Å². The molecule has 20 heavy (non-hydrogen) atoms. The summed E-state index contributed by atoms with van der Waals surface area (Å²) in [7, 11) is 0. The molecule has 0 aliphatic carbocycles. The van der Waals surface area contributed by atoms with Gasteiger partial charge in [0.1, 0.15) is 5.82 Å². The van der Waals surface area contributed by atoms with Crippen molar-refractivity contribution < 1.29 is 23.8 Å². The number of carbonyl (C=O) groups is 2. The molecule has 108 valence electrons. The van der Waals surface area contributed by atoms with Crippen molar-refractivity contribution >= 4 is 11.9 Å². The summed E-state index contributed by atoms with van der Waals surface area (Å²) in [5, 5.41) is 9.12. The Kier molecular flexibility index (Phi) is 4.34. The number of benzene rings is 1. The Hall–Kier alpha value is -1.95. The molecule has 1 aliphatic heterocycles. The fourth-order valence-corrected chi connectivity index (χ4v) is 2.28. The van der Waals surface area contributed by atoms with Crippen LogP contribution in [-0.4, -0.2) is 47.7 Å². The van der Waals surface area contributed by atoms with Gasteiger partial charge in [-0.25, -0.2) is 9.18 Å². The molecular weight excluding hydrogens is 265 g/mol. The Morgan fingerprint density at radius 2 is 2.15 bits per heavy atom. The maximum absolute atomic E-state index is 13.7. The molecule has 1 saturated heterocycles. The minimum absolute atomic E-state index is 0.0366. The van der Waals surface area contributed by atoms with Crippen molar-refractivity contribution in [2.45, 2.75) is 18.9 Å². The van der Waals surface area contributed by atoms with E-state index in [-0.39, 0.29) is 18.7 Å². The fourth-order valence-electron chi connectivity index (χ4n) is 2.28. The largest absolute Gasteiger partial charge is 0.480 e. The quantitative estimate of drug-likeness (QED) is 0.905. The van der Waals surface area contributed by atoms with Gasteiger partial charge in [-0.1, -0.05) is 18.2 Å². The lowest BCUT2D eigenvalue weighted by atomic mass is 9.98. The van der Waals surface area contributed by atoms with Crippen LogP contribution in [0.5, 0.6) is 0 Å². The molecular formula is C14H16FNO4. The van der Waals surface area contributed by atoms with Crippen molar-refractivity contribution in [3.8, 4) is 0 Å². The van der Waals surface area contributed by atoms with E-state index < -0.39 is 29.7 Å². The number of carbonyl (C=O) groups excluding carboxylic acids is 1. The second kappa shape index (κ2) is 6.00. The van der Waals surface area contributed by atoms with Crippen LogP contribution in [0.3, 0.4) is 0 Å². The molecule has 1 fully saturated rings. The smallest absolute Gasteiger partial charge is 0.328 e. The van der Waals surface area contributed by atoms with Crippen LogP contribution >= 0.6 is 0 Å². The van der Waals surface area contributed by atoms with Crippen molar-refractivity contribution in [2.75, 3.05) is 19.8 Å². The standard InChI is InChI=1S/C14H16FNO4/c1-9(10-4-2-3-5-11(10)15)13(17)16-6-7-20-8-12(16)14(18)19/h2-5,9,12H,6-8H2,1H3,(H,18,19)/t9-,12+/m1/s1. The van der Waals surface area contributed by atoms with Crippen LogP contribution in [0.2, 0.25) is 0 Å². The molecule has 2 rings (SSSR count). The molecule has 1 N–H and O–H groups in total. The average Bonchev–Trinajstić information content (AvgIpc) is 2.46. The molecule has 1 aromatic rings. The Morgan fingerprint density at radius 3 is 2.80 bits per heavy atom. The summed E-state index contributed by atoms with van der Waals surface area (Å²) in [6.07, 6.45) is 0. The van der Waals surface area contributed by atoms with Gasteiger partial charge in [-0.15, -0.1) is 0 Å². The highest BCUT2D eigenvalue weighted by Crippen LogP contribution is 2.23. The summed E-state index contributed by atoms with van der Waals surface area (Å²) in [4.78, 5) is 24.8.